The van der Waals surface area contributed by atoms with Gasteiger partial charge in [0, 0.05) is 36.3 Å². The highest BCUT2D eigenvalue weighted by Gasteiger charge is 2.26. The molecule has 2 aromatic heterocycles. The van der Waals surface area contributed by atoms with Gasteiger partial charge in [0.1, 0.15) is 5.69 Å². The second-order valence-electron chi connectivity index (χ2n) is 5.22. The van der Waals surface area contributed by atoms with Crippen LogP contribution >= 0.6 is 11.3 Å². The normalized spacial score (nSPS) is 19.1. The van der Waals surface area contributed by atoms with Crippen molar-refractivity contribution in [2.24, 2.45) is 0 Å². The number of likely N-dealkylation sites (tertiary alicyclic amines) is 1. The van der Waals surface area contributed by atoms with Crippen LogP contribution in [0.4, 0.5) is 0 Å². The lowest BCUT2D eigenvalue weighted by Crippen LogP contribution is -2.39. The molecule has 0 bridgehead atoms. The van der Waals surface area contributed by atoms with Crippen LogP contribution in [0.1, 0.15) is 40.5 Å². The highest BCUT2D eigenvalue weighted by Crippen LogP contribution is 2.26. The first-order valence-corrected chi connectivity index (χ1v) is 7.78. The molecule has 5 heteroatoms. The number of carbonyl (C=O) groups excluding carboxylic acids is 1. The fourth-order valence-electron chi connectivity index (χ4n) is 2.60. The number of piperidine rings is 1. The molecule has 104 valence electrons. The number of hydrogen-bond donors (Lipinski definition) is 0. The van der Waals surface area contributed by atoms with Gasteiger partial charge in [0.25, 0.3) is 5.91 Å². The summed E-state index contributed by atoms with van der Waals surface area (Å²) in [7, 11) is 0. The average molecular weight is 287 g/mol. The van der Waals surface area contributed by atoms with Gasteiger partial charge in [0.15, 0.2) is 0 Å². The molecule has 1 aliphatic heterocycles. The van der Waals surface area contributed by atoms with Gasteiger partial charge in [-0.3, -0.25) is 9.78 Å². The van der Waals surface area contributed by atoms with E-state index in [9.17, 15) is 4.79 Å². The zero-order valence-corrected chi connectivity index (χ0v) is 12.3. The van der Waals surface area contributed by atoms with Crippen molar-refractivity contribution in [2.75, 3.05) is 13.1 Å². The number of aryl methyl sites for hydroxylation is 1. The van der Waals surface area contributed by atoms with Crippen LogP contribution < -0.4 is 0 Å². The van der Waals surface area contributed by atoms with Gasteiger partial charge < -0.3 is 4.90 Å². The van der Waals surface area contributed by atoms with E-state index in [1.165, 1.54) is 16.9 Å². The number of nitrogens with zero attached hydrogens (tertiary/aromatic N) is 3. The van der Waals surface area contributed by atoms with Crippen LogP contribution in [0.2, 0.25) is 0 Å². The van der Waals surface area contributed by atoms with E-state index in [0.717, 1.165) is 31.6 Å². The standard InChI is InChI=1S/C15H17N3OS/c1-11-4-5-13(16-7-11)12-3-2-6-18(8-12)15(19)14-9-20-10-17-14/h4-5,7,9-10,12H,2-3,6,8H2,1H3. The summed E-state index contributed by atoms with van der Waals surface area (Å²) in [6.07, 6.45) is 4.02. The number of pyridine rings is 1. The van der Waals surface area contributed by atoms with E-state index in [1.54, 1.807) is 5.51 Å². The summed E-state index contributed by atoms with van der Waals surface area (Å²) in [4.78, 5) is 22.9. The van der Waals surface area contributed by atoms with Crippen LogP contribution in [-0.4, -0.2) is 33.9 Å². The van der Waals surface area contributed by atoms with Gasteiger partial charge in [0.2, 0.25) is 0 Å². The summed E-state index contributed by atoms with van der Waals surface area (Å²) in [5, 5.41) is 1.82. The number of thiazole rings is 1. The van der Waals surface area contributed by atoms with Gasteiger partial charge in [-0.05, 0) is 31.4 Å². The Kier molecular flexibility index (Phi) is 3.78. The highest BCUT2D eigenvalue weighted by atomic mass is 32.1. The van der Waals surface area contributed by atoms with Crippen molar-refractivity contribution in [3.05, 3.63) is 46.2 Å². The van der Waals surface area contributed by atoms with E-state index in [4.69, 9.17) is 0 Å². The van der Waals surface area contributed by atoms with Crippen molar-refractivity contribution >= 4 is 17.2 Å². The lowest BCUT2D eigenvalue weighted by molar-refractivity contribution is 0.0700. The van der Waals surface area contributed by atoms with Crippen LogP contribution in [0, 0.1) is 6.92 Å². The van der Waals surface area contributed by atoms with E-state index in [0.29, 0.717) is 11.6 Å². The Morgan fingerprint density at radius 2 is 2.30 bits per heavy atom. The van der Waals surface area contributed by atoms with Crippen LogP contribution in [0.15, 0.2) is 29.2 Å². The molecule has 1 fully saturated rings. The molecular formula is C15H17N3OS. The summed E-state index contributed by atoms with van der Waals surface area (Å²) >= 11 is 1.46. The maximum Gasteiger partial charge on any atom is 0.273 e. The molecule has 20 heavy (non-hydrogen) atoms. The maximum absolute atomic E-state index is 12.3. The van der Waals surface area contributed by atoms with Crippen molar-refractivity contribution in [3.8, 4) is 0 Å². The minimum Gasteiger partial charge on any atom is -0.337 e. The molecule has 3 rings (SSSR count). The molecule has 1 atom stereocenters. The van der Waals surface area contributed by atoms with E-state index in [2.05, 4.69) is 22.1 Å². The molecule has 1 unspecified atom stereocenters. The predicted molar refractivity (Wildman–Crippen MR) is 79.0 cm³/mol. The molecule has 3 heterocycles. The molecule has 1 amide bonds. The molecule has 0 radical (unpaired) electrons. The molecule has 0 saturated carbocycles. The van der Waals surface area contributed by atoms with Crippen LogP contribution in [-0.2, 0) is 0 Å². The Hall–Kier alpha value is -1.75. The predicted octanol–water partition coefficient (Wildman–Crippen LogP) is 2.87. The lowest BCUT2D eigenvalue weighted by atomic mass is 9.94. The Morgan fingerprint density at radius 1 is 1.40 bits per heavy atom. The Labute approximate surface area is 122 Å². The molecule has 0 N–H and O–H groups in total. The topological polar surface area (TPSA) is 46.1 Å². The number of carbonyl (C=O) groups is 1. The van der Waals surface area contributed by atoms with E-state index in [-0.39, 0.29) is 5.91 Å². The zero-order chi connectivity index (χ0) is 13.9. The minimum atomic E-state index is 0.0445. The second-order valence-corrected chi connectivity index (χ2v) is 5.94. The largest absolute Gasteiger partial charge is 0.337 e. The van der Waals surface area contributed by atoms with Crippen molar-refractivity contribution in [3.63, 3.8) is 0 Å². The Bertz CT molecular complexity index is 580. The smallest absolute Gasteiger partial charge is 0.273 e. The number of aromatic nitrogens is 2. The zero-order valence-electron chi connectivity index (χ0n) is 11.5. The quantitative estimate of drug-likeness (QED) is 0.853. The first kappa shape index (κ1) is 13.2. The van der Waals surface area contributed by atoms with Gasteiger partial charge in [-0.1, -0.05) is 6.07 Å². The molecule has 4 nitrogen and oxygen atoms in total. The van der Waals surface area contributed by atoms with E-state index in [1.807, 2.05) is 23.4 Å². The summed E-state index contributed by atoms with van der Waals surface area (Å²) in [5.41, 5.74) is 4.52. The Morgan fingerprint density at radius 3 is 3.00 bits per heavy atom. The van der Waals surface area contributed by atoms with E-state index < -0.39 is 0 Å². The molecule has 0 aliphatic carbocycles. The third-order valence-corrected chi connectivity index (χ3v) is 4.30. The summed E-state index contributed by atoms with van der Waals surface area (Å²) in [6.45, 7) is 3.60. The monoisotopic (exact) mass is 287 g/mol. The fourth-order valence-corrected chi connectivity index (χ4v) is 3.13. The van der Waals surface area contributed by atoms with Gasteiger partial charge in [-0.15, -0.1) is 11.3 Å². The third kappa shape index (κ3) is 2.72. The number of amides is 1. The SMILES string of the molecule is Cc1ccc(C2CCCN(C(=O)c3cscn3)C2)nc1. The van der Waals surface area contributed by atoms with Crippen molar-refractivity contribution in [2.45, 2.75) is 25.7 Å². The summed E-state index contributed by atoms with van der Waals surface area (Å²) < 4.78 is 0. The van der Waals surface area contributed by atoms with Crippen molar-refractivity contribution < 1.29 is 4.79 Å². The van der Waals surface area contributed by atoms with Crippen molar-refractivity contribution in [1.82, 2.24) is 14.9 Å². The molecule has 0 spiro atoms. The van der Waals surface area contributed by atoms with Crippen LogP contribution in [0.25, 0.3) is 0 Å². The fraction of sp³-hybridized carbons (Fsp3) is 0.400. The van der Waals surface area contributed by atoms with Gasteiger partial charge in [-0.2, -0.15) is 0 Å². The summed E-state index contributed by atoms with van der Waals surface area (Å²) in [5.74, 6) is 0.384. The molecule has 2 aromatic rings. The van der Waals surface area contributed by atoms with E-state index >= 15 is 0 Å². The van der Waals surface area contributed by atoms with Gasteiger partial charge >= 0.3 is 0 Å². The van der Waals surface area contributed by atoms with Gasteiger partial charge in [-0.25, -0.2) is 4.98 Å². The Balaban J connectivity index is 1.73. The average Bonchev–Trinajstić information content (AvgIpc) is 3.01. The van der Waals surface area contributed by atoms with Crippen LogP contribution in [0.3, 0.4) is 0 Å². The maximum atomic E-state index is 12.3. The molecule has 0 aromatic carbocycles. The first-order valence-electron chi connectivity index (χ1n) is 6.84. The molecule has 1 saturated heterocycles. The van der Waals surface area contributed by atoms with Gasteiger partial charge in [0.05, 0.1) is 5.51 Å². The lowest BCUT2D eigenvalue weighted by Gasteiger charge is -2.32. The third-order valence-electron chi connectivity index (χ3n) is 3.71. The number of hydrogen-bond acceptors (Lipinski definition) is 4. The second kappa shape index (κ2) is 5.71. The summed E-state index contributed by atoms with van der Waals surface area (Å²) in [6, 6.07) is 4.17. The highest BCUT2D eigenvalue weighted by molar-refractivity contribution is 7.07. The number of rotatable bonds is 2. The molecular weight excluding hydrogens is 270 g/mol. The van der Waals surface area contributed by atoms with Crippen LogP contribution in [0.5, 0.6) is 0 Å². The molecule has 1 aliphatic rings. The minimum absolute atomic E-state index is 0.0445. The van der Waals surface area contributed by atoms with Crippen molar-refractivity contribution in [1.29, 1.82) is 0 Å². The first-order chi connectivity index (χ1) is 9.74.